The predicted molar refractivity (Wildman–Crippen MR) is 72.1 cm³/mol. The quantitative estimate of drug-likeness (QED) is 0.574. The molecule has 19 heavy (non-hydrogen) atoms. The highest BCUT2D eigenvalue weighted by Gasteiger charge is 2.22. The van der Waals surface area contributed by atoms with Crippen molar-refractivity contribution in [2.24, 2.45) is 0 Å². The molecule has 0 unspecified atom stereocenters. The molecule has 102 valence electrons. The molecule has 0 atom stereocenters. The molecule has 1 aliphatic rings. The summed E-state index contributed by atoms with van der Waals surface area (Å²) in [5.41, 5.74) is 6.59. The van der Waals surface area contributed by atoms with Gasteiger partial charge in [-0.05, 0) is 25.0 Å². The summed E-state index contributed by atoms with van der Waals surface area (Å²) in [6.45, 7) is 0.354. The van der Waals surface area contributed by atoms with Crippen molar-refractivity contribution in [3.63, 3.8) is 0 Å². The number of carbonyl (C=O) groups is 2. The van der Waals surface area contributed by atoms with Crippen molar-refractivity contribution in [3.8, 4) is 0 Å². The van der Waals surface area contributed by atoms with Crippen LogP contribution in [-0.4, -0.2) is 29.6 Å². The zero-order chi connectivity index (χ0) is 13.8. The average Bonchev–Trinajstić information content (AvgIpc) is 3.14. The Morgan fingerprint density at radius 2 is 2.11 bits per heavy atom. The first kappa shape index (κ1) is 13.2. The van der Waals surface area contributed by atoms with Crippen LogP contribution in [0.1, 0.15) is 29.6 Å². The van der Waals surface area contributed by atoms with Gasteiger partial charge in [-0.1, -0.05) is 6.07 Å². The minimum absolute atomic E-state index is 0.0265. The standard InChI is InChI=1S/C13H17N3O3/c14-10-3-1-2-9(13(18)19)12(10)15-7-6-11(17)16-8-4-5-8/h1-3,8,15H,4-7,14H2,(H,16,17)(H,18,19). The summed E-state index contributed by atoms with van der Waals surface area (Å²) in [6.07, 6.45) is 2.39. The Hall–Kier alpha value is -2.24. The zero-order valence-electron chi connectivity index (χ0n) is 10.5. The van der Waals surface area contributed by atoms with E-state index >= 15 is 0 Å². The fourth-order valence-corrected chi connectivity index (χ4v) is 1.77. The van der Waals surface area contributed by atoms with Gasteiger partial charge in [0.1, 0.15) is 0 Å². The van der Waals surface area contributed by atoms with E-state index in [1.165, 1.54) is 6.07 Å². The van der Waals surface area contributed by atoms with Gasteiger partial charge in [-0.2, -0.15) is 0 Å². The van der Waals surface area contributed by atoms with Crippen LogP contribution in [0.15, 0.2) is 18.2 Å². The van der Waals surface area contributed by atoms with Crippen molar-refractivity contribution in [3.05, 3.63) is 23.8 Å². The average molecular weight is 263 g/mol. The third-order valence-corrected chi connectivity index (χ3v) is 2.92. The smallest absolute Gasteiger partial charge is 0.337 e. The SMILES string of the molecule is Nc1cccc(C(=O)O)c1NCCC(=O)NC1CC1. The van der Waals surface area contributed by atoms with Gasteiger partial charge < -0.3 is 21.5 Å². The van der Waals surface area contributed by atoms with Crippen LogP contribution in [0.2, 0.25) is 0 Å². The summed E-state index contributed by atoms with van der Waals surface area (Å²) in [4.78, 5) is 22.5. The fourth-order valence-electron chi connectivity index (χ4n) is 1.77. The lowest BCUT2D eigenvalue weighted by atomic mass is 10.1. The Kier molecular flexibility index (Phi) is 3.89. The molecule has 0 heterocycles. The normalized spacial score (nSPS) is 13.9. The summed E-state index contributed by atoms with van der Waals surface area (Å²) < 4.78 is 0. The number of rotatable bonds is 6. The monoisotopic (exact) mass is 263 g/mol. The summed E-state index contributed by atoms with van der Waals surface area (Å²) in [6, 6.07) is 5.03. The van der Waals surface area contributed by atoms with E-state index in [0.29, 0.717) is 30.4 Å². The second kappa shape index (κ2) is 5.60. The minimum Gasteiger partial charge on any atom is -0.478 e. The molecule has 6 heteroatoms. The van der Waals surface area contributed by atoms with Crippen LogP contribution in [0, 0.1) is 0 Å². The molecule has 0 spiro atoms. The number of carboxylic acid groups (broad SMARTS) is 1. The Morgan fingerprint density at radius 3 is 2.74 bits per heavy atom. The van der Waals surface area contributed by atoms with Crippen LogP contribution in [0.3, 0.4) is 0 Å². The highest BCUT2D eigenvalue weighted by atomic mass is 16.4. The number of benzene rings is 1. The Labute approximate surface area is 111 Å². The molecule has 0 bridgehead atoms. The van der Waals surface area contributed by atoms with Crippen molar-refractivity contribution >= 4 is 23.3 Å². The van der Waals surface area contributed by atoms with Gasteiger partial charge in [0.2, 0.25) is 5.91 Å². The first-order valence-electron chi connectivity index (χ1n) is 6.23. The topological polar surface area (TPSA) is 104 Å². The van der Waals surface area contributed by atoms with Gasteiger partial charge in [0.25, 0.3) is 0 Å². The molecule has 1 aromatic carbocycles. The molecule has 2 rings (SSSR count). The lowest BCUT2D eigenvalue weighted by Gasteiger charge is -2.12. The van der Waals surface area contributed by atoms with Crippen LogP contribution in [-0.2, 0) is 4.79 Å². The minimum atomic E-state index is -1.04. The second-order valence-corrected chi connectivity index (χ2v) is 4.59. The Bertz CT molecular complexity index is 498. The maximum absolute atomic E-state index is 11.5. The molecule has 6 nitrogen and oxygen atoms in total. The number of aromatic carboxylic acids is 1. The molecule has 0 aliphatic heterocycles. The molecule has 0 saturated heterocycles. The Morgan fingerprint density at radius 1 is 1.37 bits per heavy atom. The van der Waals surface area contributed by atoms with E-state index in [9.17, 15) is 9.59 Å². The van der Waals surface area contributed by atoms with Crippen LogP contribution in [0.4, 0.5) is 11.4 Å². The zero-order valence-corrected chi connectivity index (χ0v) is 10.5. The largest absolute Gasteiger partial charge is 0.478 e. The van der Waals surface area contributed by atoms with Crippen molar-refractivity contribution in [1.29, 1.82) is 0 Å². The van der Waals surface area contributed by atoms with Crippen molar-refractivity contribution in [2.45, 2.75) is 25.3 Å². The van der Waals surface area contributed by atoms with Gasteiger partial charge in [-0.15, -0.1) is 0 Å². The molecule has 1 fully saturated rings. The number of carboxylic acids is 1. The number of nitrogen functional groups attached to an aromatic ring is 1. The van der Waals surface area contributed by atoms with E-state index in [-0.39, 0.29) is 11.5 Å². The molecule has 1 amide bonds. The van der Waals surface area contributed by atoms with Gasteiger partial charge in [0.15, 0.2) is 0 Å². The summed E-state index contributed by atoms with van der Waals surface area (Å²) in [5.74, 6) is -1.07. The predicted octanol–water partition coefficient (Wildman–Crippen LogP) is 1.05. The van der Waals surface area contributed by atoms with Gasteiger partial charge in [0, 0.05) is 19.0 Å². The van der Waals surface area contributed by atoms with E-state index in [1.807, 2.05) is 0 Å². The second-order valence-electron chi connectivity index (χ2n) is 4.59. The van der Waals surface area contributed by atoms with Crippen LogP contribution in [0.5, 0.6) is 0 Å². The summed E-state index contributed by atoms with van der Waals surface area (Å²) in [7, 11) is 0. The third kappa shape index (κ3) is 3.61. The van der Waals surface area contributed by atoms with Gasteiger partial charge in [-0.3, -0.25) is 4.79 Å². The molecule has 1 aliphatic carbocycles. The number of amides is 1. The molecule has 5 N–H and O–H groups in total. The molecule has 1 saturated carbocycles. The summed E-state index contributed by atoms with van der Waals surface area (Å²) >= 11 is 0. The van der Waals surface area contributed by atoms with E-state index in [2.05, 4.69) is 10.6 Å². The van der Waals surface area contributed by atoms with E-state index in [0.717, 1.165) is 12.8 Å². The molecule has 1 aromatic rings. The Balaban J connectivity index is 1.91. The maximum atomic E-state index is 11.5. The number of nitrogens with one attached hydrogen (secondary N) is 2. The van der Waals surface area contributed by atoms with Gasteiger partial charge in [-0.25, -0.2) is 4.79 Å². The van der Waals surface area contributed by atoms with Gasteiger partial charge >= 0.3 is 5.97 Å². The van der Waals surface area contributed by atoms with Crippen LogP contribution < -0.4 is 16.4 Å². The molecular formula is C13H17N3O3. The van der Waals surface area contributed by atoms with E-state index in [4.69, 9.17) is 10.8 Å². The van der Waals surface area contributed by atoms with Crippen molar-refractivity contribution < 1.29 is 14.7 Å². The van der Waals surface area contributed by atoms with E-state index < -0.39 is 5.97 Å². The van der Waals surface area contributed by atoms with Crippen LogP contribution in [0.25, 0.3) is 0 Å². The number of carbonyl (C=O) groups excluding carboxylic acids is 1. The summed E-state index contributed by atoms with van der Waals surface area (Å²) in [5, 5.41) is 14.8. The molecule has 0 radical (unpaired) electrons. The first-order chi connectivity index (χ1) is 9.08. The van der Waals surface area contributed by atoms with Crippen LogP contribution >= 0.6 is 0 Å². The number of hydrogen-bond donors (Lipinski definition) is 4. The lowest BCUT2D eigenvalue weighted by Crippen LogP contribution is -2.27. The number of para-hydroxylation sites is 1. The fraction of sp³-hybridized carbons (Fsp3) is 0.385. The molecule has 0 aromatic heterocycles. The maximum Gasteiger partial charge on any atom is 0.337 e. The van der Waals surface area contributed by atoms with Gasteiger partial charge in [0.05, 0.1) is 16.9 Å². The van der Waals surface area contributed by atoms with Crippen molar-refractivity contribution in [2.75, 3.05) is 17.6 Å². The van der Waals surface area contributed by atoms with Crippen molar-refractivity contribution in [1.82, 2.24) is 5.32 Å². The lowest BCUT2D eigenvalue weighted by molar-refractivity contribution is -0.120. The highest BCUT2D eigenvalue weighted by molar-refractivity contribution is 5.97. The molecular weight excluding hydrogens is 246 g/mol. The first-order valence-corrected chi connectivity index (χ1v) is 6.23. The highest BCUT2D eigenvalue weighted by Crippen LogP contribution is 2.23. The number of nitrogens with two attached hydrogens (primary N) is 1. The number of anilines is 2. The third-order valence-electron chi connectivity index (χ3n) is 2.92. The number of hydrogen-bond acceptors (Lipinski definition) is 4. The van der Waals surface area contributed by atoms with E-state index in [1.54, 1.807) is 12.1 Å².